The zero-order chi connectivity index (χ0) is 15.5. The van der Waals surface area contributed by atoms with Gasteiger partial charge in [-0.1, -0.05) is 0 Å². The van der Waals surface area contributed by atoms with Gasteiger partial charge in [-0.3, -0.25) is 4.79 Å². The first kappa shape index (κ1) is 14.1. The van der Waals surface area contributed by atoms with Gasteiger partial charge in [-0.2, -0.15) is 0 Å². The van der Waals surface area contributed by atoms with Crippen LogP contribution in [0.3, 0.4) is 0 Å². The number of nitrogens with zero attached hydrogens (tertiary/aromatic N) is 3. The fraction of sp³-hybridized carbons (Fsp3) is 0.267. The van der Waals surface area contributed by atoms with Crippen molar-refractivity contribution in [2.75, 3.05) is 30.5 Å². The van der Waals surface area contributed by atoms with E-state index in [2.05, 4.69) is 15.3 Å². The molecule has 1 N–H and O–H groups in total. The predicted octanol–water partition coefficient (Wildman–Crippen LogP) is 1.97. The Bertz CT molecular complexity index is 705. The molecule has 7 heteroatoms. The highest BCUT2D eigenvalue weighted by Gasteiger charge is 2.22. The molecule has 22 heavy (non-hydrogen) atoms. The number of nitrogens with one attached hydrogen (secondary N) is 1. The molecule has 1 aromatic carbocycles. The van der Waals surface area contributed by atoms with Crippen LogP contribution in [0.4, 0.5) is 17.2 Å². The van der Waals surface area contributed by atoms with Crippen molar-refractivity contribution < 1.29 is 14.3 Å². The molecule has 1 aliphatic heterocycles. The fourth-order valence-electron chi connectivity index (χ4n) is 2.13. The molecule has 0 atom stereocenters. The normalized spacial score (nSPS) is 13.4. The third-order valence-corrected chi connectivity index (χ3v) is 3.25. The van der Waals surface area contributed by atoms with Crippen molar-refractivity contribution in [1.29, 1.82) is 0 Å². The van der Waals surface area contributed by atoms with E-state index in [4.69, 9.17) is 9.47 Å². The molecule has 0 bridgehead atoms. The Morgan fingerprint density at radius 2 is 2.23 bits per heavy atom. The quantitative estimate of drug-likeness (QED) is 0.930. The SMILES string of the molecule is CCOc1cc(Nc2ccc3c(c2)N(C)C(=O)CO3)ncn1. The number of fused-ring (bicyclic) bond motifs is 1. The molecule has 114 valence electrons. The molecular weight excluding hydrogens is 284 g/mol. The number of hydrogen-bond donors (Lipinski definition) is 1. The third-order valence-electron chi connectivity index (χ3n) is 3.25. The van der Waals surface area contributed by atoms with Crippen LogP contribution in [0, 0.1) is 0 Å². The monoisotopic (exact) mass is 300 g/mol. The highest BCUT2D eigenvalue weighted by atomic mass is 16.5. The van der Waals surface area contributed by atoms with Crippen LogP contribution in [0.5, 0.6) is 11.6 Å². The lowest BCUT2D eigenvalue weighted by Gasteiger charge is -2.26. The highest BCUT2D eigenvalue weighted by molar-refractivity contribution is 5.98. The Labute approximate surface area is 127 Å². The maximum atomic E-state index is 11.7. The number of aromatic nitrogens is 2. The predicted molar refractivity (Wildman–Crippen MR) is 81.8 cm³/mol. The largest absolute Gasteiger partial charge is 0.482 e. The fourth-order valence-corrected chi connectivity index (χ4v) is 2.13. The number of likely N-dealkylation sites (N-methyl/N-ethyl adjacent to an activating group) is 1. The minimum absolute atomic E-state index is 0.0693. The summed E-state index contributed by atoms with van der Waals surface area (Å²) >= 11 is 0. The average Bonchev–Trinajstić information content (AvgIpc) is 2.52. The van der Waals surface area contributed by atoms with Gasteiger partial charge in [-0.15, -0.1) is 0 Å². The number of hydrogen-bond acceptors (Lipinski definition) is 6. The smallest absolute Gasteiger partial charge is 0.264 e. The Morgan fingerprint density at radius 3 is 3.05 bits per heavy atom. The Balaban J connectivity index is 1.84. The first-order valence-corrected chi connectivity index (χ1v) is 6.92. The summed E-state index contributed by atoms with van der Waals surface area (Å²) in [5, 5.41) is 3.16. The Kier molecular flexibility index (Phi) is 3.78. The number of carbonyl (C=O) groups excluding carboxylic acids is 1. The maximum Gasteiger partial charge on any atom is 0.264 e. The van der Waals surface area contributed by atoms with Crippen molar-refractivity contribution in [2.45, 2.75) is 6.92 Å². The summed E-state index contributed by atoms with van der Waals surface area (Å²) in [6.45, 7) is 2.50. The van der Waals surface area contributed by atoms with E-state index >= 15 is 0 Å². The first-order valence-electron chi connectivity index (χ1n) is 6.92. The molecule has 0 radical (unpaired) electrons. The molecule has 1 aliphatic rings. The van der Waals surface area contributed by atoms with Crippen molar-refractivity contribution in [3.63, 3.8) is 0 Å². The van der Waals surface area contributed by atoms with Crippen molar-refractivity contribution in [3.05, 3.63) is 30.6 Å². The molecule has 0 saturated heterocycles. The standard InChI is InChI=1S/C15H16N4O3/c1-3-21-14-7-13(16-9-17-14)18-10-4-5-12-11(6-10)19(2)15(20)8-22-12/h4-7,9H,3,8H2,1-2H3,(H,16,17,18). The lowest BCUT2D eigenvalue weighted by molar-refractivity contribution is -0.120. The molecule has 0 aliphatic carbocycles. The third kappa shape index (κ3) is 2.78. The minimum Gasteiger partial charge on any atom is -0.482 e. The van der Waals surface area contributed by atoms with Crippen LogP contribution >= 0.6 is 0 Å². The van der Waals surface area contributed by atoms with E-state index in [0.29, 0.717) is 24.1 Å². The first-order chi connectivity index (χ1) is 10.7. The van der Waals surface area contributed by atoms with Crippen molar-refractivity contribution in [2.24, 2.45) is 0 Å². The number of anilines is 3. The number of benzene rings is 1. The number of carbonyl (C=O) groups is 1. The van der Waals surface area contributed by atoms with Crippen LogP contribution < -0.4 is 19.7 Å². The second-order valence-corrected chi connectivity index (χ2v) is 4.72. The number of rotatable bonds is 4. The van der Waals surface area contributed by atoms with E-state index < -0.39 is 0 Å². The van der Waals surface area contributed by atoms with E-state index in [1.165, 1.54) is 6.33 Å². The van der Waals surface area contributed by atoms with Gasteiger partial charge in [0, 0.05) is 18.8 Å². The molecule has 0 saturated carbocycles. The minimum atomic E-state index is -0.0784. The van der Waals surface area contributed by atoms with Gasteiger partial charge in [0.25, 0.3) is 5.91 Å². The molecular formula is C15H16N4O3. The van der Waals surface area contributed by atoms with Crippen molar-refractivity contribution >= 4 is 23.1 Å². The molecule has 2 heterocycles. The van der Waals surface area contributed by atoms with Crippen molar-refractivity contribution in [1.82, 2.24) is 9.97 Å². The van der Waals surface area contributed by atoms with E-state index in [-0.39, 0.29) is 12.5 Å². The van der Waals surface area contributed by atoms with Crippen LogP contribution in [0.25, 0.3) is 0 Å². The summed E-state index contributed by atoms with van der Waals surface area (Å²) in [6.07, 6.45) is 1.44. The van der Waals surface area contributed by atoms with Gasteiger partial charge in [-0.25, -0.2) is 9.97 Å². The Hall–Kier alpha value is -2.83. The zero-order valence-corrected chi connectivity index (χ0v) is 12.4. The van der Waals surface area contributed by atoms with Crippen LogP contribution in [0.15, 0.2) is 30.6 Å². The van der Waals surface area contributed by atoms with Gasteiger partial charge >= 0.3 is 0 Å². The molecule has 1 aromatic heterocycles. The molecule has 3 rings (SSSR count). The topological polar surface area (TPSA) is 76.6 Å². The number of amides is 1. The van der Waals surface area contributed by atoms with Gasteiger partial charge in [0.2, 0.25) is 5.88 Å². The lowest BCUT2D eigenvalue weighted by atomic mass is 10.2. The highest BCUT2D eigenvalue weighted by Crippen LogP contribution is 2.34. The van der Waals surface area contributed by atoms with E-state index in [0.717, 1.165) is 11.4 Å². The zero-order valence-electron chi connectivity index (χ0n) is 12.4. The second kappa shape index (κ2) is 5.88. The summed E-state index contributed by atoms with van der Waals surface area (Å²) in [4.78, 5) is 21.4. The van der Waals surface area contributed by atoms with Crippen LogP contribution in [0.1, 0.15) is 6.92 Å². The van der Waals surface area contributed by atoms with E-state index in [1.807, 2.05) is 25.1 Å². The summed E-state index contributed by atoms with van der Waals surface area (Å²) in [6, 6.07) is 7.25. The summed E-state index contributed by atoms with van der Waals surface area (Å²) in [5.41, 5.74) is 1.52. The molecule has 0 unspecified atom stereocenters. The Morgan fingerprint density at radius 1 is 1.36 bits per heavy atom. The molecule has 0 spiro atoms. The average molecular weight is 300 g/mol. The van der Waals surface area contributed by atoms with Crippen LogP contribution in [-0.4, -0.2) is 36.1 Å². The van der Waals surface area contributed by atoms with Gasteiger partial charge < -0.3 is 19.7 Å². The molecule has 1 amide bonds. The molecule has 2 aromatic rings. The summed E-state index contributed by atoms with van der Waals surface area (Å²) in [5.74, 6) is 1.73. The van der Waals surface area contributed by atoms with Crippen LogP contribution in [0.2, 0.25) is 0 Å². The van der Waals surface area contributed by atoms with E-state index in [1.54, 1.807) is 18.0 Å². The second-order valence-electron chi connectivity index (χ2n) is 4.72. The van der Waals surface area contributed by atoms with Gasteiger partial charge in [0.15, 0.2) is 6.61 Å². The van der Waals surface area contributed by atoms with Gasteiger partial charge in [0.1, 0.15) is 17.9 Å². The van der Waals surface area contributed by atoms with Crippen LogP contribution in [-0.2, 0) is 4.79 Å². The summed E-state index contributed by atoms with van der Waals surface area (Å²) < 4.78 is 10.7. The molecule has 7 nitrogen and oxygen atoms in total. The lowest BCUT2D eigenvalue weighted by Crippen LogP contribution is -2.35. The maximum absolute atomic E-state index is 11.7. The number of ether oxygens (including phenoxy) is 2. The molecule has 0 fully saturated rings. The van der Waals surface area contributed by atoms with Gasteiger partial charge in [-0.05, 0) is 25.1 Å². The summed E-state index contributed by atoms with van der Waals surface area (Å²) in [7, 11) is 1.73. The van der Waals surface area contributed by atoms with Crippen molar-refractivity contribution in [3.8, 4) is 11.6 Å². The van der Waals surface area contributed by atoms with E-state index in [9.17, 15) is 4.79 Å². The van der Waals surface area contributed by atoms with Gasteiger partial charge in [0.05, 0.1) is 12.3 Å².